The van der Waals surface area contributed by atoms with Crippen molar-refractivity contribution in [1.82, 2.24) is 5.32 Å². The van der Waals surface area contributed by atoms with Crippen LogP contribution in [0.1, 0.15) is 33.1 Å². The molecule has 0 atom stereocenters. The van der Waals surface area contributed by atoms with E-state index >= 15 is 0 Å². The van der Waals surface area contributed by atoms with Gasteiger partial charge in [0.25, 0.3) is 0 Å². The zero-order valence-corrected chi connectivity index (χ0v) is 10.2. The Morgan fingerprint density at radius 1 is 1.31 bits per heavy atom. The lowest BCUT2D eigenvalue weighted by atomic mass is 9.89. The van der Waals surface area contributed by atoms with Crippen LogP contribution in [0.5, 0.6) is 0 Å². The summed E-state index contributed by atoms with van der Waals surface area (Å²) in [6, 6.07) is 0. The highest BCUT2D eigenvalue weighted by Gasteiger charge is 2.18. The van der Waals surface area contributed by atoms with Crippen molar-refractivity contribution in [2.45, 2.75) is 33.1 Å². The lowest BCUT2D eigenvalue weighted by Crippen LogP contribution is -2.34. The van der Waals surface area contributed by atoms with Crippen LogP contribution in [0.2, 0.25) is 0 Å². The van der Waals surface area contributed by atoms with Crippen LogP contribution in [-0.4, -0.2) is 37.2 Å². The molecule has 0 rings (SSSR count). The number of aliphatic carboxylic acids is 1. The Bertz CT molecular complexity index is 238. The van der Waals surface area contributed by atoms with Gasteiger partial charge in [-0.2, -0.15) is 0 Å². The number of rotatable bonds is 8. The number of methoxy groups -OCH3 is 1. The summed E-state index contributed by atoms with van der Waals surface area (Å²) in [5, 5.41) is 11.1. The van der Waals surface area contributed by atoms with E-state index in [0.717, 1.165) is 6.42 Å². The molecule has 0 heterocycles. The summed E-state index contributed by atoms with van der Waals surface area (Å²) in [4.78, 5) is 21.5. The average molecular weight is 231 g/mol. The molecule has 0 aromatic carbocycles. The Kier molecular flexibility index (Phi) is 6.72. The number of ether oxygens (including phenoxy) is 1. The van der Waals surface area contributed by atoms with Gasteiger partial charge in [0.1, 0.15) is 0 Å². The maximum atomic E-state index is 11.3. The Hall–Kier alpha value is -1.10. The van der Waals surface area contributed by atoms with E-state index in [9.17, 15) is 9.59 Å². The highest BCUT2D eigenvalue weighted by atomic mass is 16.5. The zero-order chi connectivity index (χ0) is 12.6. The molecule has 0 aliphatic heterocycles. The van der Waals surface area contributed by atoms with Crippen LogP contribution in [-0.2, 0) is 14.3 Å². The first-order chi connectivity index (χ1) is 7.37. The summed E-state index contributed by atoms with van der Waals surface area (Å²) in [6.45, 7) is 5.25. The second-order valence-corrected chi connectivity index (χ2v) is 4.58. The molecule has 2 N–H and O–H groups in total. The quantitative estimate of drug-likeness (QED) is 0.654. The number of carboxylic acids is 1. The van der Waals surface area contributed by atoms with E-state index in [1.165, 1.54) is 0 Å². The third-order valence-electron chi connectivity index (χ3n) is 2.31. The molecule has 0 bridgehead atoms. The van der Waals surface area contributed by atoms with Crippen molar-refractivity contribution < 1.29 is 19.4 Å². The van der Waals surface area contributed by atoms with Gasteiger partial charge in [0.2, 0.25) is 5.91 Å². The molecule has 5 heteroatoms. The minimum Gasteiger partial charge on any atom is -0.481 e. The average Bonchev–Trinajstić information content (AvgIpc) is 2.21. The van der Waals surface area contributed by atoms with E-state index in [-0.39, 0.29) is 24.2 Å². The summed E-state index contributed by atoms with van der Waals surface area (Å²) < 4.78 is 4.97. The molecule has 0 unspecified atom stereocenters. The van der Waals surface area contributed by atoms with Crippen molar-refractivity contribution >= 4 is 11.9 Å². The molecule has 5 nitrogen and oxygen atoms in total. The van der Waals surface area contributed by atoms with E-state index in [2.05, 4.69) is 5.32 Å². The molecule has 0 spiro atoms. The standard InChI is InChI=1S/C11H21NO4/c1-11(2,6-7-16-3)8-12-9(13)4-5-10(14)15/h4-8H2,1-3H3,(H,12,13)(H,14,15). The topological polar surface area (TPSA) is 75.6 Å². The Labute approximate surface area is 96.2 Å². The van der Waals surface area contributed by atoms with Crippen LogP contribution in [0.4, 0.5) is 0 Å². The smallest absolute Gasteiger partial charge is 0.303 e. The summed E-state index contributed by atoms with van der Waals surface area (Å²) in [5.74, 6) is -1.17. The molecule has 0 aliphatic rings. The molecule has 16 heavy (non-hydrogen) atoms. The lowest BCUT2D eigenvalue weighted by molar-refractivity contribution is -0.138. The minimum absolute atomic E-state index is 0.0328. The van der Waals surface area contributed by atoms with Crippen LogP contribution >= 0.6 is 0 Å². The molecule has 94 valence electrons. The molecular formula is C11H21NO4. The minimum atomic E-state index is -0.950. The van der Waals surface area contributed by atoms with Crippen LogP contribution in [0.25, 0.3) is 0 Å². The second kappa shape index (κ2) is 7.22. The van der Waals surface area contributed by atoms with Crippen LogP contribution in [0, 0.1) is 5.41 Å². The highest BCUT2D eigenvalue weighted by molar-refractivity contribution is 5.80. The van der Waals surface area contributed by atoms with E-state index in [1.807, 2.05) is 13.8 Å². The maximum Gasteiger partial charge on any atom is 0.303 e. The predicted octanol–water partition coefficient (Wildman–Crippen LogP) is 1.03. The first kappa shape index (κ1) is 14.9. The number of amides is 1. The molecule has 0 saturated heterocycles. The summed E-state index contributed by atoms with van der Waals surface area (Å²) >= 11 is 0. The van der Waals surface area contributed by atoms with Gasteiger partial charge < -0.3 is 15.2 Å². The first-order valence-electron chi connectivity index (χ1n) is 5.35. The van der Waals surface area contributed by atoms with Crippen LogP contribution in [0.3, 0.4) is 0 Å². The van der Waals surface area contributed by atoms with Crippen molar-refractivity contribution in [1.29, 1.82) is 0 Å². The largest absolute Gasteiger partial charge is 0.481 e. The molecule has 0 aliphatic carbocycles. The number of carbonyl (C=O) groups excluding carboxylic acids is 1. The Balaban J connectivity index is 3.76. The highest BCUT2D eigenvalue weighted by Crippen LogP contribution is 2.18. The van der Waals surface area contributed by atoms with Gasteiger partial charge >= 0.3 is 5.97 Å². The maximum absolute atomic E-state index is 11.3. The molecule has 0 radical (unpaired) electrons. The number of nitrogens with one attached hydrogen (secondary N) is 1. The Morgan fingerprint density at radius 3 is 2.44 bits per heavy atom. The SMILES string of the molecule is COCCC(C)(C)CNC(=O)CCC(=O)O. The van der Waals surface area contributed by atoms with Crippen LogP contribution in [0.15, 0.2) is 0 Å². The fourth-order valence-corrected chi connectivity index (χ4v) is 1.11. The van der Waals surface area contributed by atoms with Gasteiger partial charge in [-0.15, -0.1) is 0 Å². The van der Waals surface area contributed by atoms with Gasteiger partial charge in [-0.05, 0) is 11.8 Å². The van der Waals surface area contributed by atoms with Crippen molar-refractivity contribution in [2.24, 2.45) is 5.41 Å². The fourth-order valence-electron chi connectivity index (χ4n) is 1.11. The molecular weight excluding hydrogens is 210 g/mol. The summed E-state index contributed by atoms with van der Waals surface area (Å²) in [5.41, 5.74) is -0.0328. The predicted molar refractivity (Wildman–Crippen MR) is 60.2 cm³/mol. The number of hydrogen-bond donors (Lipinski definition) is 2. The van der Waals surface area contributed by atoms with Crippen molar-refractivity contribution in [3.05, 3.63) is 0 Å². The molecule has 0 aromatic heterocycles. The number of hydrogen-bond acceptors (Lipinski definition) is 3. The van der Waals surface area contributed by atoms with E-state index in [4.69, 9.17) is 9.84 Å². The molecule has 0 fully saturated rings. The fraction of sp³-hybridized carbons (Fsp3) is 0.818. The molecule has 0 aromatic rings. The number of carboxylic acid groups (broad SMARTS) is 1. The van der Waals surface area contributed by atoms with Crippen molar-refractivity contribution in [3.63, 3.8) is 0 Å². The van der Waals surface area contributed by atoms with Gasteiger partial charge in [-0.3, -0.25) is 9.59 Å². The number of carbonyl (C=O) groups is 2. The van der Waals surface area contributed by atoms with Gasteiger partial charge in [-0.25, -0.2) is 0 Å². The van der Waals surface area contributed by atoms with Crippen LogP contribution < -0.4 is 5.32 Å². The van der Waals surface area contributed by atoms with E-state index in [0.29, 0.717) is 13.2 Å². The summed E-state index contributed by atoms with van der Waals surface area (Å²) in [7, 11) is 1.64. The first-order valence-corrected chi connectivity index (χ1v) is 5.35. The lowest BCUT2D eigenvalue weighted by Gasteiger charge is -2.24. The molecule has 0 saturated carbocycles. The normalized spacial score (nSPS) is 11.2. The third-order valence-corrected chi connectivity index (χ3v) is 2.31. The Morgan fingerprint density at radius 2 is 1.94 bits per heavy atom. The van der Waals surface area contributed by atoms with Gasteiger partial charge in [0.15, 0.2) is 0 Å². The van der Waals surface area contributed by atoms with Crippen molar-refractivity contribution in [3.8, 4) is 0 Å². The molecule has 1 amide bonds. The van der Waals surface area contributed by atoms with Gasteiger partial charge in [0.05, 0.1) is 6.42 Å². The summed E-state index contributed by atoms with van der Waals surface area (Å²) in [6.07, 6.45) is 0.767. The van der Waals surface area contributed by atoms with Gasteiger partial charge in [-0.1, -0.05) is 13.8 Å². The third kappa shape index (κ3) is 8.23. The van der Waals surface area contributed by atoms with Crippen molar-refractivity contribution in [2.75, 3.05) is 20.3 Å². The van der Waals surface area contributed by atoms with E-state index < -0.39 is 5.97 Å². The van der Waals surface area contributed by atoms with Gasteiger partial charge in [0, 0.05) is 26.7 Å². The zero-order valence-electron chi connectivity index (χ0n) is 10.2. The monoisotopic (exact) mass is 231 g/mol. The second-order valence-electron chi connectivity index (χ2n) is 4.58. The van der Waals surface area contributed by atoms with E-state index in [1.54, 1.807) is 7.11 Å².